The third-order valence-electron chi connectivity index (χ3n) is 2.78. The first-order valence-electron chi connectivity index (χ1n) is 5.85. The maximum Gasteiger partial charge on any atom is 0.150 e. The van der Waals surface area contributed by atoms with E-state index in [1.807, 2.05) is 24.4 Å². The topological polar surface area (TPSA) is 55.6 Å². The third-order valence-corrected chi connectivity index (χ3v) is 2.78. The second-order valence-corrected chi connectivity index (χ2v) is 4.07. The monoisotopic (exact) mass is 244 g/mol. The predicted molar refractivity (Wildman–Crippen MR) is 70.0 cm³/mol. The number of hydrazine groups is 1. The SMILES string of the molecule is NN1C=CC=C[C@H]1CCOc1ccc(C=O)cc1. The number of benzene rings is 1. The number of nitrogens with two attached hydrogens (primary N) is 1. The fraction of sp³-hybridized carbons (Fsp3) is 0.214. The van der Waals surface area contributed by atoms with Crippen LogP contribution in [0.4, 0.5) is 0 Å². The Balaban J connectivity index is 1.79. The zero-order valence-corrected chi connectivity index (χ0v) is 10.0. The lowest BCUT2D eigenvalue weighted by molar-refractivity contribution is 0.112. The summed E-state index contributed by atoms with van der Waals surface area (Å²) < 4.78 is 5.60. The number of carbonyl (C=O) groups excluding carboxylic acids is 1. The van der Waals surface area contributed by atoms with Crippen LogP contribution in [0.3, 0.4) is 0 Å². The van der Waals surface area contributed by atoms with Crippen molar-refractivity contribution in [1.82, 2.24) is 5.01 Å². The van der Waals surface area contributed by atoms with Crippen LogP contribution in [0.1, 0.15) is 16.8 Å². The van der Waals surface area contributed by atoms with Crippen molar-refractivity contribution in [2.45, 2.75) is 12.5 Å². The fourth-order valence-corrected chi connectivity index (χ4v) is 1.74. The molecule has 0 fully saturated rings. The van der Waals surface area contributed by atoms with E-state index in [0.29, 0.717) is 12.2 Å². The number of ether oxygens (including phenoxy) is 1. The smallest absolute Gasteiger partial charge is 0.150 e. The maximum absolute atomic E-state index is 10.5. The number of hydrogen-bond donors (Lipinski definition) is 1. The van der Waals surface area contributed by atoms with E-state index in [1.54, 1.807) is 29.3 Å². The molecule has 94 valence electrons. The van der Waals surface area contributed by atoms with Crippen LogP contribution in [0.25, 0.3) is 0 Å². The predicted octanol–water partition coefficient (Wildman–Crippen LogP) is 1.90. The van der Waals surface area contributed by atoms with Crippen molar-refractivity contribution in [1.29, 1.82) is 0 Å². The van der Waals surface area contributed by atoms with Crippen molar-refractivity contribution in [3.8, 4) is 5.75 Å². The van der Waals surface area contributed by atoms with Gasteiger partial charge in [0.2, 0.25) is 0 Å². The summed E-state index contributed by atoms with van der Waals surface area (Å²) in [6.45, 7) is 0.580. The lowest BCUT2D eigenvalue weighted by Crippen LogP contribution is -2.37. The molecule has 4 heteroatoms. The van der Waals surface area contributed by atoms with E-state index >= 15 is 0 Å². The van der Waals surface area contributed by atoms with Crippen LogP contribution in [0.5, 0.6) is 5.75 Å². The van der Waals surface area contributed by atoms with Gasteiger partial charge < -0.3 is 9.75 Å². The molecule has 2 rings (SSSR count). The van der Waals surface area contributed by atoms with Gasteiger partial charge in [0.25, 0.3) is 0 Å². The minimum atomic E-state index is 0.171. The molecule has 0 spiro atoms. The number of carbonyl (C=O) groups is 1. The van der Waals surface area contributed by atoms with E-state index in [2.05, 4.69) is 0 Å². The number of aldehydes is 1. The Morgan fingerprint density at radius 2 is 2.06 bits per heavy atom. The van der Waals surface area contributed by atoms with E-state index in [-0.39, 0.29) is 6.04 Å². The second kappa shape index (κ2) is 6.02. The van der Waals surface area contributed by atoms with Crippen LogP contribution < -0.4 is 10.6 Å². The van der Waals surface area contributed by atoms with Crippen LogP contribution >= 0.6 is 0 Å². The number of allylic oxidation sites excluding steroid dienone is 2. The standard InChI is InChI=1S/C14H16N2O2/c15-16-9-2-1-3-13(16)8-10-18-14-6-4-12(11-17)5-7-14/h1-7,9,11,13H,8,10,15H2/t13-/m0/s1. The lowest BCUT2D eigenvalue weighted by Gasteiger charge is -2.25. The Morgan fingerprint density at radius 3 is 2.72 bits per heavy atom. The Morgan fingerprint density at radius 1 is 1.28 bits per heavy atom. The molecule has 0 unspecified atom stereocenters. The molecule has 1 heterocycles. The molecule has 0 radical (unpaired) electrons. The Kier molecular flexibility index (Phi) is 4.15. The summed E-state index contributed by atoms with van der Waals surface area (Å²) in [6.07, 6.45) is 9.38. The molecule has 2 N–H and O–H groups in total. The highest BCUT2D eigenvalue weighted by Gasteiger charge is 2.10. The molecule has 1 atom stereocenters. The van der Waals surface area contributed by atoms with E-state index in [0.717, 1.165) is 18.5 Å². The van der Waals surface area contributed by atoms with Crippen LogP contribution in [0, 0.1) is 0 Å². The molecule has 0 saturated carbocycles. The Bertz CT molecular complexity index is 451. The Hall–Kier alpha value is -2.07. The van der Waals surface area contributed by atoms with Gasteiger partial charge in [-0.15, -0.1) is 0 Å². The van der Waals surface area contributed by atoms with Crippen LogP contribution in [-0.4, -0.2) is 23.9 Å². The molecular formula is C14H16N2O2. The molecule has 4 nitrogen and oxygen atoms in total. The molecule has 18 heavy (non-hydrogen) atoms. The summed E-state index contributed by atoms with van der Waals surface area (Å²) in [7, 11) is 0. The fourth-order valence-electron chi connectivity index (χ4n) is 1.74. The van der Waals surface area contributed by atoms with Crippen LogP contribution in [0.2, 0.25) is 0 Å². The van der Waals surface area contributed by atoms with Gasteiger partial charge in [-0.05, 0) is 30.3 Å². The minimum Gasteiger partial charge on any atom is -0.494 e. The summed E-state index contributed by atoms with van der Waals surface area (Å²) in [5.74, 6) is 6.56. The van der Waals surface area contributed by atoms with Gasteiger partial charge in [-0.1, -0.05) is 12.2 Å². The van der Waals surface area contributed by atoms with Crippen molar-refractivity contribution < 1.29 is 9.53 Å². The minimum absolute atomic E-state index is 0.171. The van der Waals surface area contributed by atoms with Gasteiger partial charge >= 0.3 is 0 Å². The molecule has 1 aliphatic rings. The summed E-state index contributed by atoms with van der Waals surface area (Å²) in [5.41, 5.74) is 0.649. The molecule has 0 bridgehead atoms. The second-order valence-electron chi connectivity index (χ2n) is 4.07. The van der Waals surface area contributed by atoms with Gasteiger partial charge in [0.05, 0.1) is 12.6 Å². The highest BCUT2D eigenvalue weighted by molar-refractivity contribution is 5.74. The van der Waals surface area contributed by atoms with Crippen molar-refractivity contribution in [3.05, 3.63) is 54.3 Å². The average molecular weight is 244 g/mol. The highest BCUT2D eigenvalue weighted by atomic mass is 16.5. The third kappa shape index (κ3) is 3.21. The number of hydrogen-bond acceptors (Lipinski definition) is 4. The summed E-state index contributed by atoms with van der Waals surface area (Å²) in [6, 6.07) is 7.23. The summed E-state index contributed by atoms with van der Waals surface area (Å²) in [5, 5.41) is 1.67. The normalized spacial score (nSPS) is 17.8. The van der Waals surface area contributed by atoms with Crippen molar-refractivity contribution in [3.63, 3.8) is 0 Å². The van der Waals surface area contributed by atoms with Gasteiger partial charge in [-0.3, -0.25) is 4.79 Å². The maximum atomic E-state index is 10.5. The van der Waals surface area contributed by atoms with Crippen LogP contribution in [-0.2, 0) is 0 Å². The van der Waals surface area contributed by atoms with E-state index in [4.69, 9.17) is 10.6 Å². The van der Waals surface area contributed by atoms with Gasteiger partial charge in [0, 0.05) is 18.2 Å². The zero-order chi connectivity index (χ0) is 12.8. The largest absolute Gasteiger partial charge is 0.494 e. The Labute approximate surface area is 106 Å². The molecule has 0 amide bonds. The zero-order valence-electron chi connectivity index (χ0n) is 10.0. The van der Waals surface area contributed by atoms with Crippen molar-refractivity contribution in [2.24, 2.45) is 5.84 Å². The molecule has 1 aromatic rings. The van der Waals surface area contributed by atoms with E-state index < -0.39 is 0 Å². The van der Waals surface area contributed by atoms with E-state index in [1.165, 1.54) is 0 Å². The summed E-state index contributed by atoms with van der Waals surface area (Å²) >= 11 is 0. The molecule has 0 aromatic heterocycles. The van der Waals surface area contributed by atoms with Gasteiger partial charge in [0.15, 0.2) is 0 Å². The molecule has 1 aliphatic heterocycles. The van der Waals surface area contributed by atoms with Gasteiger partial charge in [0.1, 0.15) is 12.0 Å². The van der Waals surface area contributed by atoms with Gasteiger partial charge in [-0.2, -0.15) is 0 Å². The molecule has 0 aliphatic carbocycles. The van der Waals surface area contributed by atoms with Crippen molar-refractivity contribution in [2.75, 3.05) is 6.61 Å². The molecular weight excluding hydrogens is 228 g/mol. The van der Waals surface area contributed by atoms with E-state index in [9.17, 15) is 4.79 Å². The molecule has 0 saturated heterocycles. The summed E-state index contributed by atoms with van der Waals surface area (Å²) in [4.78, 5) is 10.5. The highest BCUT2D eigenvalue weighted by Crippen LogP contribution is 2.13. The first-order chi connectivity index (χ1) is 8.79. The first kappa shape index (κ1) is 12.4. The molecule has 1 aromatic carbocycles. The average Bonchev–Trinajstić information content (AvgIpc) is 2.42. The first-order valence-corrected chi connectivity index (χ1v) is 5.85. The number of rotatable bonds is 5. The van der Waals surface area contributed by atoms with Crippen LogP contribution in [0.15, 0.2) is 48.7 Å². The number of nitrogens with zero attached hydrogens (tertiary/aromatic N) is 1. The van der Waals surface area contributed by atoms with Gasteiger partial charge in [-0.25, -0.2) is 5.84 Å². The lowest BCUT2D eigenvalue weighted by atomic mass is 10.1. The van der Waals surface area contributed by atoms with Crippen molar-refractivity contribution >= 4 is 6.29 Å². The quantitative estimate of drug-likeness (QED) is 0.635.